The zero-order valence-electron chi connectivity index (χ0n) is 10.7. The molecule has 1 aliphatic rings. The predicted octanol–water partition coefficient (Wildman–Crippen LogP) is 1.96. The maximum absolute atomic E-state index is 11.2. The minimum Gasteiger partial charge on any atom is -0.339 e. The van der Waals surface area contributed by atoms with Crippen molar-refractivity contribution < 1.29 is 4.79 Å². The second kappa shape index (κ2) is 4.90. The van der Waals surface area contributed by atoms with E-state index in [0.29, 0.717) is 12.0 Å². The Hall–Kier alpha value is -1.32. The van der Waals surface area contributed by atoms with Crippen molar-refractivity contribution in [1.82, 2.24) is 14.7 Å². The molecule has 1 fully saturated rings. The van der Waals surface area contributed by atoms with Crippen LogP contribution in [0.4, 0.5) is 0 Å². The Balaban J connectivity index is 1.97. The summed E-state index contributed by atoms with van der Waals surface area (Å²) in [5.41, 5.74) is 1.47. The smallest absolute Gasteiger partial charge is 0.210 e. The van der Waals surface area contributed by atoms with E-state index in [1.165, 1.54) is 25.7 Å². The van der Waals surface area contributed by atoms with E-state index < -0.39 is 0 Å². The van der Waals surface area contributed by atoms with E-state index in [1.54, 1.807) is 6.20 Å². The highest BCUT2D eigenvalue weighted by Crippen LogP contribution is 2.44. The van der Waals surface area contributed by atoms with Gasteiger partial charge in [0.15, 0.2) is 0 Å². The summed E-state index contributed by atoms with van der Waals surface area (Å²) >= 11 is 0. The fourth-order valence-electron chi connectivity index (χ4n) is 2.63. The summed E-state index contributed by atoms with van der Waals surface area (Å²) in [6.45, 7) is 3.78. The van der Waals surface area contributed by atoms with E-state index in [4.69, 9.17) is 0 Å². The Bertz CT molecular complexity index is 376. The number of nitrogens with zero attached hydrogens (tertiary/aromatic N) is 3. The third kappa shape index (κ3) is 2.51. The summed E-state index contributed by atoms with van der Waals surface area (Å²) in [5.74, 6) is 0. The standard InChI is InChI=1S/C13H21N3O/c1-3-13(6-4-7-13)10-16(11-17)9-12-5-8-14-15(12)2/h5,8,11H,3-4,6-7,9-10H2,1-2H3. The van der Waals surface area contributed by atoms with Crippen LogP contribution in [0, 0.1) is 5.41 Å². The SMILES string of the molecule is CCC1(CN(C=O)Cc2ccnn2C)CCC1. The van der Waals surface area contributed by atoms with Crippen LogP contribution in [0.25, 0.3) is 0 Å². The minimum atomic E-state index is 0.388. The van der Waals surface area contributed by atoms with Crippen LogP contribution in [0.1, 0.15) is 38.3 Å². The molecule has 1 aromatic rings. The Labute approximate surface area is 103 Å². The molecule has 1 amide bonds. The molecule has 1 aliphatic carbocycles. The average Bonchev–Trinajstić information content (AvgIpc) is 2.68. The molecule has 0 aliphatic heterocycles. The lowest BCUT2D eigenvalue weighted by molar-refractivity contribution is -0.121. The molecule has 0 bridgehead atoms. The van der Waals surface area contributed by atoms with Gasteiger partial charge in [0.1, 0.15) is 0 Å². The molecule has 0 atom stereocenters. The number of rotatable bonds is 6. The van der Waals surface area contributed by atoms with Gasteiger partial charge in [0, 0.05) is 19.8 Å². The number of hydrogen-bond donors (Lipinski definition) is 0. The van der Waals surface area contributed by atoms with Crippen LogP contribution in [0.5, 0.6) is 0 Å². The van der Waals surface area contributed by atoms with Gasteiger partial charge in [-0.3, -0.25) is 9.48 Å². The lowest BCUT2D eigenvalue weighted by atomic mass is 9.67. The Morgan fingerprint density at radius 1 is 1.59 bits per heavy atom. The summed E-state index contributed by atoms with van der Waals surface area (Å²) in [4.78, 5) is 13.1. The predicted molar refractivity (Wildman–Crippen MR) is 66.3 cm³/mol. The van der Waals surface area contributed by atoms with Gasteiger partial charge in [-0.1, -0.05) is 13.3 Å². The first kappa shape index (κ1) is 12.1. The van der Waals surface area contributed by atoms with Crippen LogP contribution in [0.3, 0.4) is 0 Å². The highest BCUT2D eigenvalue weighted by atomic mass is 16.1. The first-order chi connectivity index (χ1) is 8.19. The molecule has 94 valence electrons. The second-order valence-electron chi connectivity index (χ2n) is 5.16. The molecule has 2 rings (SSSR count). The van der Waals surface area contributed by atoms with Gasteiger partial charge in [-0.25, -0.2) is 0 Å². The van der Waals surface area contributed by atoms with Crippen molar-refractivity contribution in [2.45, 2.75) is 39.2 Å². The maximum atomic E-state index is 11.2. The van der Waals surface area contributed by atoms with E-state index in [0.717, 1.165) is 18.6 Å². The van der Waals surface area contributed by atoms with Gasteiger partial charge >= 0.3 is 0 Å². The van der Waals surface area contributed by atoms with Gasteiger partial charge in [0.25, 0.3) is 0 Å². The molecular weight excluding hydrogens is 214 g/mol. The van der Waals surface area contributed by atoms with Gasteiger partial charge in [-0.15, -0.1) is 0 Å². The lowest BCUT2D eigenvalue weighted by Gasteiger charge is -2.43. The number of aryl methyl sites for hydroxylation is 1. The lowest BCUT2D eigenvalue weighted by Crippen LogP contribution is -2.41. The first-order valence-corrected chi connectivity index (χ1v) is 6.35. The van der Waals surface area contributed by atoms with Crippen molar-refractivity contribution in [3.8, 4) is 0 Å². The normalized spacial score (nSPS) is 17.5. The van der Waals surface area contributed by atoms with E-state index in [-0.39, 0.29) is 0 Å². The van der Waals surface area contributed by atoms with Gasteiger partial charge in [-0.2, -0.15) is 5.10 Å². The number of aromatic nitrogens is 2. The van der Waals surface area contributed by atoms with Gasteiger partial charge in [-0.05, 0) is 30.7 Å². The van der Waals surface area contributed by atoms with Gasteiger partial charge in [0.2, 0.25) is 6.41 Å². The third-order valence-corrected chi connectivity index (χ3v) is 4.14. The Morgan fingerprint density at radius 2 is 2.35 bits per heavy atom. The monoisotopic (exact) mass is 235 g/mol. The van der Waals surface area contributed by atoms with Crippen LogP contribution in [0.2, 0.25) is 0 Å². The number of carbonyl (C=O) groups is 1. The quantitative estimate of drug-likeness (QED) is 0.707. The Kier molecular flexibility index (Phi) is 3.50. The Morgan fingerprint density at radius 3 is 2.76 bits per heavy atom. The molecule has 0 N–H and O–H groups in total. The van der Waals surface area contributed by atoms with Crippen LogP contribution in [0.15, 0.2) is 12.3 Å². The molecule has 0 radical (unpaired) electrons. The molecule has 1 aromatic heterocycles. The summed E-state index contributed by atoms with van der Waals surface area (Å²) < 4.78 is 1.83. The molecule has 17 heavy (non-hydrogen) atoms. The average molecular weight is 235 g/mol. The third-order valence-electron chi connectivity index (χ3n) is 4.14. The largest absolute Gasteiger partial charge is 0.339 e. The fraction of sp³-hybridized carbons (Fsp3) is 0.692. The van der Waals surface area contributed by atoms with Crippen LogP contribution < -0.4 is 0 Å². The summed E-state index contributed by atoms with van der Waals surface area (Å²) in [6.07, 6.45) is 7.76. The van der Waals surface area contributed by atoms with Crippen molar-refractivity contribution in [3.05, 3.63) is 18.0 Å². The zero-order chi connectivity index (χ0) is 12.3. The van der Waals surface area contributed by atoms with E-state index in [9.17, 15) is 4.79 Å². The molecule has 1 heterocycles. The molecule has 0 aromatic carbocycles. The van der Waals surface area contributed by atoms with Crippen molar-refractivity contribution in [2.75, 3.05) is 6.54 Å². The fourth-order valence-corrected chi connectivity index (χ4v) is 2.63. The van der Waals surface area contributed by atoms with Crippen LogP contribution in [-0.4, -0.2) is 27.6 Å². The van der Waals surface area contributed by atoms with Crippen molar-refractivity contribution in [3.63, 3.8) is 0 Å². The number of carbonyl (C=O) groups excluding carboxylic acids is 1. The van der Waals surface area contributed by atoms with Crippen LogP contribution >= 0.6 is 0 Å². The number of hydrogen-bond acceptors (Lipinski definition) is 2. The highest BCUT2D eigenvalue weighted by molar-refractivity contribution is 5.47. The zero-order valence-corrected chi connectivity index (χ0v) is 10.7. The van der Waals surface area contributed by atoms with E-state index in [1.807, 2.05) is 22.7 Å². The molecule has 1 saturated carbocycles. The molecule has 0 unspecified atom stereocenters. The molecule has 4 heteroatoms. The summed E-state index contributed by atoms with van der Waals surface area (Å²) in [7, 11) is 1.91. The second-order valence-corrected chi connectivity index (χ2v) is 5.16. The minimum absolute atomic E-state index is 0.388. The number of amides is 1. The van der Waals surface area contributed by atoms with Crippen molar-refractivity contribution >= 4 is 6.41 Å². The van der Waals surface area contributed by atoms with E-state index >= 15 is 0 Å². The summed E-state index contributed by atoms with van der Waals surface area (Å²) in [6, 6.07) is 1.97. The molecular formula is C13H21N3O. The van der Waals surface area contributed by atoms with Gasteiger partial charge < -0.3 is 4.90 Å². The van der Waals surface area contributed by atoms with E-state index in [2.05, 4.69) is 12.0 Å². The maximum Gasteiger partial charge on any atom is 0.210 e. The summed E-state index contributed by atoms with van der Waals surface area (Å²) in [5, 5.41) is 4.13. The molecule has 0 saturated heterocycles. The van der Waals surface area contributed by atoms with Crippen molar-refractivity contribution in [1.29, 1.82) is 0 Å². The molecule has 4 nitrogen and oxygen atoms in total. The topological polar surface area (TPSA) is 38.1 Å². The van der Waals surface area contributed by atoms with Crippen LogP contribution in [-0.2, 0) is 18.4 Å². The van der Waals surface area contributed by atoms with Gasteiger partial charge in [0.05, 0.1) is 12.2 Å². The molecule has 0 spiro atoms. The first-order valence-electron chi connectivity index (χ1n) is 6.35. The van der Waals surface area contributed by atoms with Crippen molar-refractivity contribution in [2.24, 2.45) is 12.5 Å². The highest BCUT2D eigenvalue weighted by Gasteiger charge is 2.36.